The molecule has 0 aromatic heterocycles. The summed E-state index contributed by atoms with van der Waals surface area (Å²) in [5.74, 6) is -2.08. The zero-order chi connectivity index (χ0) is 17.8. The Kier molecular flexibility index (Phi) is 9.27. The van der Waals surface area contributed by atoms with Gasteiger partial charge < -0.3 is 15.2 Å². The fourth-order valence-electron chi connectivity index (χ4n) is 2.29. The first-order chi connectivity index (χ1) is 11.6. The Hall–Kier alpha value is -2.30. The predicted octanol–water partition coefficient (Wildman–Crippen LogP) is 4.25. The molecular weight excluding hydrogens is 306 g/mol. The van der Waals surface area contributed by atoms with Crippen molar-refractivity contribution in [2.75, 3.05) is 11.9 Å². The van der Waals surface area contributed by atoms with Gasteiger partial charge in [-0.15, -0.1) is 6.58 Å². The van der Waals surface area contributed by atoms with Crippen LogP contribution in [0.2, 0.25) is 0 Å². The normalized spacial score (nSPS) is 11.5. The molecule has 1 rings (SSSR count). The summed E-state index contributed by atoms with van der Waals surface area (Å²) in [6.45, 7) is 6.21. The van der Waals surface area contributed by atoms with E-state index in [0.29, 0.717) is 24.5 Å². The molecular formula is C19H27NO4. The summed E-state index contributed by atoms with van der Waals surface area (Å²) in [6.07, 6.45) is 6.48. The van der Waals surface area contributed by atoms with Gasteiger partial charge in [0.05, 0.1) is 12.3 Å². The van der Waals surface area contributed by atoms with Crippen LogP contribution in [0.3, 0.4) is 0 Å². The van der Waals surface area contributed by atoms with Crippen LogP contribution in [0.5, 0.6) is 5.75 Å². The highest BCUT2D eigenvalue weighted by Crippen LogP contribution is 2.25. The highest BCUT2D eigenvalue weighted by atomic mass is 16.5. The second kappa shape index (κ2) is 11.3. The van der Waals surface area contributed by atoms with Crippen LogP contribution in [0.15, 0.2) is 36.9 Å². The Morgan fingerprint density at radius 1 is 1.29 bits per heavy atom. The molecule has 5 nitrogen and oxygen atoms in total. The van der Waals surface area contributed by atoms with Crippen molar-refractivity contribution in [2.45, 2.75) is 45.4 Å². The van der Waals surface area contributed by atoms with Crippen molar-refractivity contribution >= 4 is 17.6 Å². The molecule has 1 aromatic carbocycles. The molecule has 0 aliphatic heterocycles. The summed E-state index contributed by atoms with van der Waals surface area (Å²) in [6, 6.07) is 7.07. The Morgan fingerprint density at radius 3 is 2.71 bits per heavy atom. The first kappa shape index (κ1) is 19.7. The second-order valence-electron chi connectivity index (χ2n) is 5.65. The SMILES string of the molecule is C=CCCCOc1ccccc1NC(=O)C(CCCCC)C(=O)O. The number of hydrogen-bond acceptors (Lipinski definition) is 3. The number of benzene rings is 1. The molecule has 0 fully saturated rings. The van der Waals surface area contributed by atoms with Gasteiger partial charge in [-0.25, -0.2) is 0 Å². The monoisotopic (exact) mass is 333 g/mol. The molecule has 0 bridgehead atoms. The van der Waals surface area contributed by atoms with Crippen molar-refractivity contribution in [3.05, 3.63) is 36.9 Å². The molecule has 132 valence electrons. The fourth-order valence-corrected chi connectivity index (χ4v) is 2.29. The average molecular weight is 333 g/mol. The maximum absolute atomic E-state index is 12.3. The van der Waals surface area contributed by atoms with Gasteiger partial charge >= 0.3 is 5.97 Å². The predicted molar refractivity (Wildman–Crippen MR) is 95.3 cm³/mol. The Balaban J connectivity index is 2.69. The number of carboxylic acids is 1. The Morgan fingerprint density at radius 2 is 2.04 bits per heavy atom. The van der Waals surface area contributed by atoms with Gasteiger partial charge in [-0.2, -0.15) is 0 Å². The highest BCUT2D eigenvalue weighted by molar-refractivity contribution is 6.04. The number of aliphatic carboxylic acids is 1. The molecule has 0 radical (unpaired) electrons. The summed E-state index contributed by atoms with van der Waals surface area (Å²) < 4.78 is 5.67. The van der Waals surface area contributed by atoms with Crippen LogP contribution >= 0.6 is 0 Å². The van der Waals surface area contributed by atoms with Gasteiger partial charge in [0.1, 0.15) is 11.7 Å². The summed E-state index contributed by atoms with van der Waals surface area (Å²) in [5, 5.41) is 12.0. The molecule has 0 aliphatic rings. The molecule has 2 N–H and O–H groups in total. The number of carbonyl (C=O) groups is 2. The third-order valence-electron chi connectivity index (χ3n) is 3.67. The molecule has 0 heterocycles. The van der Waals surface area contributed by atoms with Crippen molar-refractivity contribution in [3.63, 3.8) is 0 Å². The van der Waals surface area contributed by atoms with Crippen molar-refractivity contribution < 1.29 is 19.4 Å². The lowest BCUT2D eigenvalue weighted by atomic mass is 10.0. The van der Waals surface area contributed by atoms with E-state index in [2.05, 4.69) is 11.9 Å². The van der Waals surface area contributed by atoms with Gasteiger partial charge in [0.25, 0.3) is 0 Å². The number of hydrogen-bond donors (Lipinski definition) is 2. The zero-order valence-electron chi connectivity index (χ0n) is 14.3. The van der Waals surface area contributed by atoms with Crippen LogP contribution in [0.25, 0.3) is 0 Å². The topological polar surface area (TPSA) is 75.6 Å². The summed E-state index contributed by atoms with van der Waals surface area (Å²) in [4.78, 5) is 23.7. The summed E-state index contributed by atoms with van der Waals surface area (Å²) in [7, 11) is 0. The van der Waals surface area contributed by atoms with E-state index < -0.39 is 17.8 Å². The quantitative estimate of drug-likeness (QED) is 0.340. The summed E-state index contributed by atoms with van der Waals surface area (Å²) in [5.41, 5.74) is 0.503. The molecule has 0 aliphatic carbocycles. The minimum absolute atomic E-state index is 0.345. The molecule has 1 unspecified atom stereocenters. The van der Waals surface area contributed by atoms with Gasteiger partial charge in [-0.05, 0) is 31.4 Å². The number of unbranched alkanes of at least 4 members (excludes halogenated alkanes) is 3. The molecule has 0 saturated heterocycles. The zero-order valence-corrected chi connectivity index (χ0v) is 14.3. The van der Waals surface area contributed by atoms with E-state index >= 15 is 0 Å². The lowest BCUT2D eigenvalue weighted by Crippen LogP contribution is -2.29. The van der Waals surface area contributed by atoms with Crippen LogP contribution in [0, 0.1) is 5.92 Å². The fraction of sp³-hybridized carbons (Fsp3) is 0.474. The number of ether oxygens (including phenoxy) is 1. The molecule has 24 heavy (non-hydrogen) atoms. The van der Waals surface area contributed by atoms with E-state index in [4.69, 9.17) is 4.74 Å². The minimum atomic E-state index is -1.09. The maximum Gasteiger partial charge on any atom is 0.316 e. The number of para-hydroxylation sites is 2. The van der Waals surface area contributed by atoms with Crippen molar-refractivity contribution in [2.24, 2.45) is 5.92 Å². The number of amides is 1. The highest BCUT2D eigenvalue weighted by Gasteiger charge is 2.26. The number of nitrogens with one attached hydrogen (secondary N) is 1. The van der Waals surface area contributed by atoms with Crippen LogP contribution in [0.1, 0.15) is 45.4 Å². The van der Waals surface area contributed by atoms with Gasteiger partial charge in [-0.3, -0.25) is 9.59 Å². The standard InChI is InChI=1S/C19H27NO4/c1-3-5-7-11-15(19(22)23)18(21)20-16-12-8-9-13-17(16)24-14-10-6-4-2/h4,8-9,12-13,15H,2-3,5-7,10-11,14H2,1H3,(H,20,21)(H,22,23). The molecule has 1 atom stereocenters. The minimum Gasteiger partial charge on any atom is -0.491 e. The van der Waals surface area contributed by atoms with E-state index in [1.165, 1.54) is 0 Å². The van der Waals surface area contributed by atoms with E-state index in [0.717, 1.165) is 32.1 Å². The van der Waals surface area contributed by atoms with Crippen LogP contribution in [0.4, 0.5) is 5.69 Å². The summed E-state index contributed by atoms with van der Waals surface area (Å²) >= 11 is 0. The first-order valence-electron chi connectivity index (χ1n) is 8.46. The molecule has 1 amide bonds. The number of rotatable bonds is 12. The largest absolute Gasteiger partial charge is 0.491 e. The average Bonchev–Trinajstić information content (AvgIpc) is 2.56. The van der Waals surface area contributed by atoms with E-state index in [9.17, 15) is 14.7 Å². The Labute approximate surface area is 143 Å². The smallest absolute Gasteiger partial charge is 0.316 e. The van der Waals surface area contributed by atoms with E-state index in [-0.39, 0.29) is 0 Å². The lowest BCUT2D eigenvalue weighted by molar-refractivity contribution is -0.145. The number of carbonyl (C=O) groups excluding carboxylic acids is 1. The molecule has 5 heteroatoms. The maximum atomic E-state index is 12.3. The molecule has 0 saturated carbocycles. The lowest BCUT2D eigenvalue weighted by Gasteiger charge is -2.15. The van der Waals surface area contributed by atoms with Gasteiger partial charge in [0.2, 0.25) is 5.91 Å². The van der Waals surface area contributed by atoms with Crippen molar-refractivity contribution in [3.8, 4) is 5.75 Å². The van der Waals surface area contributed by atoms with Gasteiger partial charge in [-0.1, -0.05) is 44.4 Å². The van der Waals surface area contributed by atoms with Crippen LogP contribution in [-0.2, 0) is 9.59 Å². The first-order valence-corrected chi connectivity index (χ1v) is 8.46. The van der Waals surface area contributed by atoms with Crippen LogP contribution < -0.4 is 10.1 Å². The third kappa shape index (κ3) is 6.86. The van der Waals surface area contributed by atoms with E-state index in [1.807, 2.05) is 19.1 Å². The second-order valence-corrected chi connectivity index (χ2v) is 5.65. The molecule has 0 spiro atoms. The number of carboxylic acid groups (broad SMARTS) is 1. The number of anilines is 1. The van der Waals surface area contributed by atoms with Crippen molar-refractivity contribution in [1.82, 2.24) is 0 Å². The third-order valence-corrected chi connectivity index (χ3v) is 3.67. The van der Waals surface area contributed by atoms with Gasteiger partial charge in [0.15, 0.2) is 0 Å². The van der Waals surface area contributed by atoms with E-state index in [1.54, 1.807) is 18.2 Å². The van der Waals surface area contributed by atoms with Crippen molar-refractivity contribution in [1.29, 1.82) is 0 Å². The Bertz CT molecular complexity index is 542. The van der Waals surface area contributed by atoms with Crippen LogP contribution in [-0.4, -0.2) is 23.6 Å². The molecule has 1 aromatic rings. The van der Waals surface area contributed by atoms with Gasteiger partial charge in [0, 0.05) is 0 Å². The number of allylic oxidation sites excluding steroid dienone is 1.